The zero-order valence-corrected chi connectivity index (χ0v) is 15.8. The van der Waals surface area contributed by atoms with Crippen molar-refractivity contribution in [3.05, 3.63) is 87.9 Å². The summed E-state index contributed by atoms with van der Waals surface area (Å²) >= 11 is 12.3. The van der Waals surface area contributed by atoms with E-state index in [4.69, 9.17) is 32.7 Å². The first kappa shape index (κ1) is 18.4. The summed E-state index contributed by atoms with van der Waals surface area (Å²) in [5.41, 5.74) is 2.99. The Hall–Kier alpha value is -2.36. The van der Waals surface area contributed by atoms with Crippen LogP contribution >= 0.6 is 23.2 Å². The summed E-state index contributed by atoms with van der Waals surface area (Å²) in [7, 11) is 1.66. The molecule has 0 heterocycles. The fraction of sp³-hybridized carbons (Fsp3) is 0.143. The van der Waals surface area contributed by atoms with Crippen molar-refractivity contribution in [1.29, 1.82) is 0 Å². The average Bonchev–Trinajstić information content (AvgIpc) is 2.67. The van der Waals surface area contributed by atoms with Crippen molar-refractivity contribution in [2.45, 2.75) is 13.2 Å². The third-order valence-corrected chi connectivity index (χ3v) is 4.66. The second-order valence-corrected chi connectivity index (χ2v) is 6.53. The minimum atomic E-state index is 0.335. The summed E-state index contributed by atoms with van der Waals surface area (Å²) in [4.78, 5) is 0. The summed E-state index contributed by atoms with van der Waals surface area (Å²) in [6.07, 6.45) is 0. The second-order valence-electron chi connectivity index (χ2n) is 5.71. The Bertz CT molecular complexity index is 829. The molecule has 0 aliphatic rings. The van der Waals surface area contributed by atoms with Crippen LogP contribution in [-0.4, -0.2) is 7.11 Å². The molecule has 0 aromatic heterocycles. The van der Waals surface area contributed by atoms with Crippen LogP contribution in [0, 0.1) is 0 Å². The molecule has 0 atom stereocenters. The molecule has 0 aliphatic carbocycles. The molecule has 3 aromatic carbocycles. The molecule has 0 unspecified atom stereocenters. The first-order valence-electron chi connectivity index (χ1n) is 8.18. The Morgan fingerprint density at radius 1 is 0.808 bits per heavy atom. The number of benzene rings is 3. The third kappa shape index (κ3) is 4.84. The fourth-order valence-corrected chi connectivity index (χ4v) is 2.95. The van der Waals surface area contributed by atoms with E-state index in [2.05, 4.69) is 5.32 Å². The lowest BCUT2D eigenvalue weighted by atomic mass is 10.2. The molecule has 134 valence electrons. The van der Waals surface area contributed by atoms with Gasteiger partial charge in [-0.25, -0.2) is 0 Å². The molecule has 26 heavy (non-hydrogen) atoms. The maximum absolute atomic E-state index is 6.16. The topological polar surface area (TPSA) is 30.5 Å². The molecule has 3 rings (SSSR count). The van der Waals surface area contributed by atoms with Gasteiger partial charge in [0.05, 0.1) is 7.11 Å². The van der Waals surface area contributed by atoms with E-state index >= 15 is 0 Å². The van der Waals surface area contributed by atoms with Crippen molar-refractivity contribution in [2.75, 3.05) is 12.4 Å². The van der Waals surface area contributed by atoms with Gasteiger partial charge < -0.3 is 14.8 Å². The van der Waals surface area contributed by atoms with Crippen LogP contribution in [0.25, 0.3) is 0 Å². The lowest BCUT2D eigenvalue weighted by molar-refractivity contribution is 0.306. The standard InChI is InChI=1S/C21H19Cl2NO2/c1-25-17-11-7-16(8-12-17)24-13-15-5-9-18(10-6-15)26-14-19-20(22)3-2-4-21(19)23/h2-12,24H,13-14H2,1H3. The molecule has 0 spiro atoms. The van der Waals surface area contributed by atoms with Gasteiger partial charge in [-0.3, -0.25) is 0 Å². The van der Waals surface area contributed by atoms with Crippen LogP contribution < -0.4 is 14.8 Å². The minimum Gasteiger partial charge on any atom is -0.497 e. The molecule has 0 fully saturated rings. The smallest absolute Gasteiger partial charge is 0.119 e. The van der Waals surface area contributed by atoms with E-state index in [0.717, 1.165) is 34.9 Å². The van der Waals surface area contributed by atoms with Crippen molar-refractivity contribution in [2.24, 2.45) is 0 Å². The molecule has 0 aliphatic heterocycles. The number of rotatable bonds is 7. The SMILES string of the molecule is COc1ccc(NCc2ccc(OCc3c(Cl)cccc3Cl)cc2)cc1. The first-order valence-corrected chi connectivity index (χ1v) is 8.94. The number of hydrogen-bond acceptors (Lipinski definition) is 3. The van der Waals surface area contributed by atoms with E-state index < -0.39 is 0 Å². The predicted molar refractivity (Wildman–Crippen MR) is 108 cm³/mol. The Labute approximate surface area is 163 Å². The Balaban J connectivity index is 1.54. The lowest BCUT2D eigenvalue weighted by Crippen LogP contribution is -2.00. The maximum atomic E-state index is 6.16. The summed E-state index contributed by atoms with van der Waals surface area (Å²) < 4.78 is 11.0. The molecule has 0 bridgehead atoms. The highest BCUT2D eigenvalue weighted by molar-refractivity contribution is 6.35. The van der Waals surface area contributed by atoms with Crippen LogP contribution in [0.5, 0.6) is 11.5 Å². The van der Waals surface area contributed by atoms with E-state index in [1.807, 2.05) is 54.6 Å². The number of hydrogen-bond donors (Lipinski definition) is 1. The number of halogens is 2. The van der Waals surface area contributed by atoms with E-state index in [0.29, 0.717) is 16.7 Å². The highest BCUT2D eigenvalue weighted by Gasteiger charge is 2.06. The van der Waals surface area contributed by atoms with E-state index in [9.17, 15) is 0 Å². The summed E-state index contributed by atoms with van der Waals surface area (Å²) in [5, 5.41) is 4.59. The van der Waals surface area contributed by atoms with Gasteiger partial charge in [0, 0.05) is 27.8 Å². The summed E-state index contributed by atoms with van der Waals surface area (Å²) in [5.74, 6) is 1.62. The van der Waals surface area contributed by atoms with E-state index in [-0.39, 0.29) is 0 Å². The van der Waals surface area contributed by atoms with E-state index in [1.54, 1.807) is 19.2 Å². The minimum absolute atomic E-state index is 0.335. The zero-order valence-electron chi connectivity index (χ0n) is 14.3. The van der Waals surface area contributed by atoms with Gasteiger partial charge in [0.1, 0.15) is 18.1 Å². The molecule has 3 aromatic rings. The van der Waals surface area contributed by atoms with Crippen LogP contribution in [0.4, 0.5) is 5.69 Å². The van der Waals surface area contributed by atoms with Crippen molar-refractivity contribution in [3.8, 4) is 11.5 Å². The molecule has 3 nitrogen and oxygen atoms in total. The Kier molecular flexibility index (Phi) is 6.26. The molecular formula is C21H19Cl2NO2. The molecular weight excluding hydrogens is 369 g/mol. The number of nitrogens with one attached hydrogen (secondary N) is 1. The van der Waals surface area contributed by atoms with Gasteiger partial charge in [-0.05, 0) is 54.1 Å². The molecule has 0 amide bonds. The van der Waals surface area contributed by atoms with Gasteiger partial charge in [-0.2, -0.15) is 0 Å². The summed E-state index contributed by atoms with van der Waals surface area (Å²) in [6.45, 7) is 1.06. The Morgan fingerprint density at radius 3 is 2.04 bits per heavy atom. The zero-order chi connectivity index (χ0) is 18.4. The normalized spacial score (nSPS) is 10.4. The van der Waals surface area contributed by atoms with Crippen LogP contribution in [0.15, 0.2) is 66.7 Å². The van der Waals surface area contributed by atoms with Gasteiger partial charge in [0.2, 0.25) is 0 Å². The predicted octanol–water partition coefficient (Wildman–Crippen LogP) is 6.19. The molecule has 5 heteroatoms. The Morgan fingerprint density at radius 2 is 1.42 bits per heavy atom. The fourth-order valence-electron chi connectivity index (χ4n) is 2.44. The quantitative estimate of drug-likeness (QED) is 0.523. The summed E-state index contributed by atoms with van der Waals surface area (Å²) in [6, 6.07) is 21.2. The van der Waals surface area contributed by atoms with Gasteiger partial charge >= 0.3 is 0 Å². The van der Waals surface area contributed by atoms with Crippen LogP contribution in [0.3, 0.4) is 0 Å². The highest BCUT2D eigenvalue weighted by atomic mass is 35.5. The van der Waals surface area contributed by atoms with Gasteiger partial charge in [0.25, 0.3) is 0 Å². The molecule has 0 saturated heterocycles. The molecule has 1 N–H and O–H groups in total. The second kappa shape index (κ2) is 8.84. The van der Waals surface area contributed by atoms with Crippen molar-refractivity contribution < 1.29 is 9.47 Å². The number of anilines is 1. The van der Waals surface area contributed by atoms with Gasteiger partial charge in [0.15, 0.2) is 0 Å². The highest BCUT2D eigenvalue weighted by Crippen LogP contribution is 2.26. The average molecular weight is 388 g/mol. The number of methoxy groups -OCH3 is 1. The van der Waals surface area contributed by atoms with Crippen LogP contribution in [-0.2, 0) is 13.2 Å². The largest absolute Gasteiger partial charge is 0.497 e. The van der Waals surface area contributed by atoms with Crippen molar-refractivity contribution >= 4 is 28.9 Å². The van der Waals surface area contributed by atoms with Crippen LogP contribution in [0.2, 0.25) is 10.0 Å². The lowest BCUT2D eigenvalue weighted by Gasteiger charge is -2.11. The third-order valence-electron chi connectivity index (χ3n) is 3.95. The van der Waals surface area contributed by atoms with Crippen molar-refractivity contribution in [3.63, 3.8) is 0 Å². The van der Waals surface area contributed by atoms with E-state index in [1.165, 1.54) is 0 Å². The molecule has 0 radical (unpaired) electrons. The van der Waals surface area contributed by atoms with Crippen LogP contribution in [0.1, 0.15) is 11.1 Å². The first-order chi connectivity index (χ1) is 12.7. The molecule has 0 saturated carbocycles. The van der Waals surface area contributed by atoms with Gasteiger partial charge in [-0.15, -0.1) is 0 Å². The monoisotopic (exact) mass is 387 g/mol. The maximum Gasteiger partial charge on any atom is 0.119 e. The van der Waals surface area contributed by atoms with Gasteiger partial charge in [-0.1, -0.05) is 41.4 Å². The number of ether oxygens (including phenoxy) is 2. The van der Waals surface area contributed by atoms with Crippen molar-refractivity contribution in [1.82, 2.24) is 0 Å².